The van der Waals surface area contributed by atoms with E-state index >= 15 is 0 Å². The fourth-order valence-corrected chi connectivity index (χ4v) is 1.69. The van der Waals surface area contributed by atoms with Crippen molar-refractivity contribution < 1.29 is 9.66 Å². The van der Waals surface area contributed by atoms with Crippen molar-refractivity contribution in [3.8, 4) is 0 Å². The highest BCUT2D eigenvalue weighted by Gasteiger charge is 2.13. The van der Waals surface area contributed by atoms with Crippen LogP contribution in [0.5, 0.6) is 0 Å². The number of aromatic nitrogens is 1. The molecule has 7 nitrogen and oxygen atoms in total. The van der Waals surface area contributed by atoms with Crippen LogP contribution in [-0.4, -0.2) is 42.8 Å². The predicted octanol–water partition coefficient (Wildman–Crippen LogP) is 2.67. The van der Waals surface area contributed by atoms with Gasteiger partial charge in [0.1, 0.15) is 11.6 Å². The molecule has 1 aromatic rings. The largest absolute Gasteiger partial charge is 0.377 e. The van der Waals surface area contributed by atoms with Gasteiger partial charge in [-0.2, -0.15) is 0 Å². The number of ether oxygens (including phenoxy) is 1. The summed E-state index contributed by atoms with van der Waals surface area (Å²) in [4.78, 5) is 16.9. The molecule has 0 unspecified atom stereocenters. The molecule has 0 radical (unpaired) electrons. The second-order valence-corrected chi connectivity index (χ2v) is 5.09. The van der Waals surface area contributed by atoms with Gasteiger partial charge in [0.2, 0.25) is 0 Å². The van der Waals surface area contributed by atoms with E-state index in [0.29, 0.717) is 24.8 Å². The van der Waals surface area contributed by atoms with Gasteiger partial charge in [0.15, 0.2) is 0 Å². The fourth-order valence-electron chi connectivity index (χ4n) is 1.69. The van der Waals surface area contributed by atoms with Gasteiger partial charge >= 0.3 is 0 Å². The first-order valence-electron chi connectivity index (χ1n) is 7.17. The minimum atomic E-state index is -0.402. The summed E-state index contributed by atoms with van der Waals surface area (Å²) in [6.45, 7) is 7.88. The molecule has 0 bridgehead atoms. The van der Waals surface area contributed by atoms with E-state index in [1.165, 1.54) is 12.1 Å². The van der Waals surface area contributed by atoms with E-state index in [2.05, 4.69) is 10.3 Å². The highest BCUT2D eigenvalue weighted by Crippen LogP contribution is 2.22. The number of hydrogen-bond acceptors (Lipinski definition) is 6. The summed E-state index contributed by atoms with van der Waals surface area (Å²) < 4.78 is 5.49. The van der Waals surface area contributed by atoms with Crippen molar-refractivity contribution in [3.63, 3.8) is 0 Å². The zero-order valence-corrected chi connectivity index (χ0v) is 13.1. The number of hydrogen-bond donors (Lipinski definition) is 1. The molecular formula is C14H24N4O3. The topological polar surface area (TPSA) is 80.5 Å². The van der Waals surface area contributed by atoms with E-state index in [-0.39, 0.29) is 11.8 Å². The van der Waals surface area contributed by atoms with Crippen molar-refractivity contribution in [2.24, 2.45) is 0 Å². The van der Waals surface area contributed by atoms with Crippen LogP contribution in [0.15, 0.2) is 12.1 Å². The van der Waals surface area contributed by atoms with E-state index < -0.39 is 4.92 Å². The molecule has 1 N–H and O–H groups in total. The van der Waals surface area contributed by atoms with Crippen LogP contribution in [0.4, 0.5) is 17.3 Å². The molecule has 0 spiro atoms. The summed E-state index contributed by atoms with van der Waals surface area (Å²) in [5.74, 6) is 1.09. The maximum Gasteiger partial charge on any atom is 0.276 e. The normalized spacial score (nSPS) is 10.7. The maximum atomic E-state index is 11.0. The Morgan fingerprint density at radius 1 is 1.48 bits per heavy atom. The lowest BCUT2D eigenvalue weighted by Gasteiger charge is -2.19. The Kier molecular flexibility index (Phi) is 6.87. The number of rotatable bonds is 9. The van der Waals surface area contributed by atoms with Gasteiger partial charge in [-0.15, -0.1) is 0 Å². The second-order valence-electron chi connectivity index (χ2n) is 5.09. The summed E-state index contributed by atoms with van der Waals surface area (Å²) in [5.41, 5.74) is 0.0373. The molecule has 0 amide bonds. The quantitative estimate of drug-likeness (QED) is 0.557. The van der Waals surface area contributed by atoms with Gasteiger partial charge in [0, 0.05) is 20.1 Å². The predicted molar refractivity (Wildman–Crippen MR) is 84.0 cm³/mol. The first kappa shape index (κ1) is 17.2. The SMILES string of the molecule is CCCNc1cc([N+](=O)[O-])cc(N(C)CCOC(C)C)n1. The Morgan fingerprint density at radius 2 is 2.19 bits per heavy atom. The summed E-state index contributed by atoms with van der Waals surface area (Å²) in [6.07, 6.45) is 1.09. The average molecular weight is 296 g/mol. The van der Waals surface area contributed by atoms with Crippen molar-refractivity contribution >= 4 is 17.3 Å². The zero-order valence-electron chi connectivity index (χ0n) is 13.1. The van der Waals surface area contributed by atoms with Gasteiger partial charge in [-0.1, -0.05) is 6.92 Å². The molecule has 0 saturated heterocycles. The zero-order chi connectivity index (χ0) is 15.8. The van der Waals surface area contributed by atoms with Gasteiger partial charge < -0.3 is 15.0 Å². The summed E-state index contributed by atoms with van der Waals surface area (Å²) >= 11 is 0. The Labute approximate surface area is 125 Å². The van der Waals surface area contributed by atoms with Crippen LogP contribution in [0.2, 0.25) is 0 Å². The average Bonchev–Trinajstić information content (AvgIpc) is 2.44. The maximum absolute atomic E-state index is 11.0. The molecule has 7 heteroatoms. The molecule has 0 saturated carbocycles. The van der Waals surface area contributed by atoms with Crippen molar-refractivity contribution in [1.82, 2.24) is 4.98 Å². The number of pyridine rings is 1. The lowest BCUT2D eigenvalue weighted by atomic mass is 10.3. The number of nitrogens with one attached hydrogen (secondary N) is 1. The van der Waals surface area contributed by atoms with Crippen LogP contribution < -0.4 is 10.2 Å². The van der Waals surface area contributed by atoms with Crippen LogP contribution >= 0.6 is 0 Å². The molecule has 21 heavy (non-hydrogen) atoms. The van der Waals surface area contributed by atoms with E-state index in [1.807, 2.05) is 32.7 Å². The molecule has 0 aliphatic carbocycles. The van der Waals surface area contributed by atoms with Crippen molar-refractivity contribution in [2.45, 2.75) is 33.3 Å². The highest BCUT2D eigenvalue weighted by molar-refractivity contribution is 5.55. The van der Waals surface area contributed by atoms with Crippen molar-refractivity contribution in [2.75, 3.05) is 37.0 Å². The van der Waals surface area contributed by atoms with Crippen LogP contribution in [0.1, 0.15) is 27.2 Å². The third kappa shape index (κ3) is 5.95. The molecule has 1 rings (SSSR count). The van der Waals surface area contributed by atoms with E-state index in [0.717, 1.165) is 13.0 Å². The summed E-state index contributed by atoms with van der Waals surface area (Å²) in [5, 5.41) is 14.1. The molecular weight excluding hydrogens is 272 g/mol. The van der Waals surface area contributed by atoms with E-state index in [9.17, 15) is 10.1 Å². The van der Waals surface area contributed by atoms with Gasteiger partial charge in [0.25, 0.3) is 5.69 Å². The first-order chi connectivity index (χ1) is 9.93. The standard InChI is InChI=1S/C14H24N4O3/c1-5-6-15-13-9-12(18(19)20)10-14(16-13)17(4)7-8-21-11(2)3/h9-11H,5-8H2,1-4H3,(H,15,16). The molecule has 0 aliphatic rings. The van der Waals surface area contributed by atoms with Crippen molar-refractivity contribution in [3.05, 3.63) is 22.2 Å². The smallest absolute Gasteiger partial charge is 0.276 e. The van der Waals surface area contributed by atoms with Crippen LogP contribution in [-0.2, 0) is 4.74 Å². The summed E-state index contributed by atoms with van der Waals surface area (Å²) in [7, 11) is 1.85. The summed E-state index contributed by atoms with van der Waals surface area (Å²) in [6, 6.07) is 2.93. The highest BCUT2D eigenvalue weighted by atomic mass is 16.6. The fraction of sp³-hybridized carbons (Fsp3) is 0.643. The second kappa shape index (κ2) is 8.41. The molecule has 0 aromatic carbocycles. The third-order valence-electron chi connectivity index (χ3n) is 2.83. The van der Waals surface area contributed by atoms with Crippen LogP contribution in [0.25, 0.3) is 0 Å². The number of nitrogens with zero attached hydrogens (tertiary/aromatic N) is 3. The minimum absolute atomic E-state index is 0.0373. The Bertz CT molecular complexity index is 466. The van der Waals surface area contributed by atoms with E-state index in [1.54, 1.807) is 0 Å². The monoisotopic (exact) mass is 296 g/mol. The number of anilines is 2. The van der Waals surface area contributed by atoms with Crippen LogP contribution in [0.3, 0.4) is 0 Å². The minimum Gasteiger partial charge on any atom is -0.377 e. The van der Waals surface area contributed by atoms with Crippen molar-refractivity contribution in [1.29, 1.82) is 0 Å². The Balaban J connectivity index is 2.83. The third-order valence-corrected chi connectivity index (χ3v) is 2.83. The van der Waals surface area contributed by atoms with E-state index in [4.69, 9.17) is 4.74 Å². The molecule has 0 atom stereocenters. The molecule has 118 valence electrons. The Morgan fingerprint density at radius 3 is 2.76 bits per heavy atom. The lowest BCUT2D eigenvalue weighted by Crippen LogP contribution is -2.25. The number of likely N-dealkylation sites (N-methyl/N-ethyl adjacent to an activating group) is 1. The molecule has 0 aliphatic heterocycles. The van der Waals surface area contributed by atoms with Gasteiger partial charge in [0.05, 0.1) is 29.8 Å². The van der Waals surface area contributed by atoms with Crippen LogP contribution in [0, 0.1) is 10.1 Å². The van der Waals surface area contributed by atoms with Gasteiger partial charge in [-0.25, -0.2) is 4.98 Å². The molecule has 1 heterocycles. The molecule has 1 aromatic heterocycles. The first-order valence-corrected chi connectivity index (χ1v) is 7.17. The Hall–Kier alpha value is -1.89. The lowest BCUT2D eigenvalue weighted by molar-refractivity contribution is -0.384. The van der Waals surface area contributed by atoms with Gasteiger partial charge in [-0.05, 0) is 20.3 Å². The van der Waals surface area contributed by atoms with Gasteiger partial charge in [-0.3, -0.25) is 10.1 Å². The number of nitro groups is 1. The molecule has 0 fully saturated rings.